The molecule has 1 atom stereocenters. The Kier molecular flexibility index (Phi) is 5.23. The molecule has 4 heteroatoms. The number of methoxy groups -OCH3 is 1. The molecule has 1 saturated heterocycles. The number of likely N-dealkylation sites (N-methyl/N-ethyl adjacent to an activating group) is 1. The Bertz CT molecular complexity index is 345. The molecule has 0 aliphatic carbocycles. The molecule has 0 spiro atoms. The summed E-state index contributed by atoms with van der Waals surface area (Å²) in [5.41, 5.74) is 0. The molecular weight excluding hydrogens is 230 g/mol. The van der Waals surface area contributed by atoms with Crippen LogP contribution in [0.5, 0.6) is 0 Å². The van der Waals surface area contributed by atoms with E-state index in [2.05, 4.69) is 24.1 Å². The molecule has 0 saturated carbocycles. The van der Waals surface area contributed by atoms with Gasteiger partial charge in [0.05, 0.1) is 13.2 Å². The lowest BCUT2D eigenvalue weighted by atomic mass is 10.1. The van der Waals surface area contributed by atoms with E-state index < -0.39 is 0 Å². The molecule has 0 bridgehead atoms. The second kappa shape index (κ2) is 6.92. The zero-order chi connectivity index (χ0) is 12.8. The minimum absolute atomic E-state index is 0.164. The third-order valence-electron chi connectivity index (χ3n) is 3.28. The van der Waals surface area contributed by atoms with Crippen LogP contribution in [0.25, 0.3) is 0 Å². The summed E-state index contributed by atoms with van der Waals surface area (Å²) < 4.78 is 16.6. The molecule has 1 aromatic heterocycles. The van der Waals surface area contributed by atoms with Crippen LogP contribution in [-0.4, -0.2) is 38.8 Å². The molecule has 18 heavy (non-hydrogen) atoms. The molecular formula is C14H23NO3. The average Bonchev–Trinajstić information content (AvgIpc) is 2.86. The Morgan fingerprint density at radius 2 is 2.28 bits per heavy atom. The van der Waals surface area contributed by atoms with Crippen molar-refractivity contribution in [2.75, 3.05) is 33.9 Å². The fourth-order valence-corrected chi connectivity index (χ4v) is 2.21. The van der Waals surface area contributed by atoms with Gasteiger partial charge in [-0.3, -0.25) is 4.90 Å². The molecule has 2 rings (SSSR count). The summed E-state index contributed by atoms with van der Waals surface area (Å²) in [5.74, 6) is 1.97. The monoisotopic (exact) mass is 253 g/mol. The van der Waals surface area contributed by atoms with Gasteiger partial charge in [-0.25, -0.2) is 0 Å². The second-order valence-electron chi connectivity index (χ2n) is 4.89. The van der Waals surface area contributed by atoms with Gasteiger partial charge in [0.25, 0.3) is 0 Å². The van der Waals surface area contributed by atoms with Gasteiger partial charge in [-0.15, -0.1) is 0 Å². The SMILES string of the molecule is COCCN(C)Cc1ccc([C@@H]2CCCCO2)o1. The zero-order valence-electron chi connectivity index (χ0n) is 11.4. The van der Waals surface area contributed by atoms with Crippen molar-refractivity contribution in [3.05, 3.63) is 23.7 Å². The summed E-state index contributed by atoms with van der Waals surface area (Å²) in [6.07, 6.45) is 3.64. The summed E-state index contributed by atoms with van der Waals surface area (Å²) >= 11 is 0. The first kappa shape index (κ1) is 13.6. The number of hydrogen-bond donors (Lipinski definition) is 0. The predicted octanol–water partition coefficient (Wildman–Crippen LogP) is 2.60. The molecule has 0 radical (unpaired) electrons. The highest BCUT2D eigenvalue weighted by Gasteiger charge is 2.19. The van der Waals surface area contributed by atoms with E-state index in [0.29, 0.717) is 0 Å². The standard InChI is InChI=1S/C14H23NO3/c1-15(8-10-16-2)11-12-6-7-14(18-12)13-5-3-4-9-17-13/h6-7,13H,3-5,8-11H2,1-2H3/t13-/m0/s1. The van der Waals surface area contributed by atoms with Crippen LogP contribution in [0.1, 0.15) is 36.9 Å². The van der Waals surface area contributed by atoms with Crippen molar-refractivity contribution < 1.29 is 13.9 Å². The Morgan fingerprint density at radius 1 is 1.39 bits per heavy atom. The molecule has 102 valence electrons. The fourth-order valence-electron chi connectivity index (χ4n) is 2.21. The highest BCUT2D eigenvalue weighted by Crippen LogP contribution is 2.29. The molecule has 1 aliphatic rings. The smallest absolute Gasteiger partial charge is 0.133 e. The normalized spacial score (nSPS) is 20.5. The minimum Gasteiger partial charge on any atom is -0.462 e. The van der Waals surface area contributed by atoms with Crippen molar-refractivity contribution in [2.45, 2.75) is 31.9 Å². The van der Waals surface area contributed by atoms with Gasteiger partial charge in [-0.05, 0) is 38.4 Å². The molecule has 0 unspecified atom stereocenters. The minimum atomic E-state index is 0.164. The third kappa shape index (κ3) is 3.83. The van der Waals surface area contributed by atoms with Gasteiger partial charge in [0.15, 0.2) is 0 Å². The first-order valence-electron chi connectivity index (χ1n) is 6.67. The maximum atomic E-state index is 5.87. The van der Waals surface area contributed by atoms with Gasteiger partial charge in [0.1, 0.15) is 17.6 Å². The van der Waals surface area contributed by atoms with Crippen molar-refractivity contribution in [1.29, 1.82) is 0 Å². The molecule has 1 fully saturated rings. The van der Waals surface area contributed by atoms with E-state index >= 15 is 0 Å². The molecule has 4 nitrogen and oxygen atoms in total. The van der Waals surface area contributed by atoms with E-state index in [9.17, 15) is 0 Å². The van der Waals surface area contributed by atoms with Crippen molar-refractivity contribution in [3.8, 4) is 0 Å². The lowest BCUT2D eigenvalue weighted by molar-refractivity contribution is 0.000871. The first-order chi connectivity index (χ1) is 8.79. The largest absolute Gasteiger partial charge is 0.462 e. The van der Waals surface area contributed by atoms with Gasteiger partial charge >= 0.3 is 0 Å². The highest BCUT2D eigenvalue weighted by atomic mass is 16.5. The third-order valence-corrected chi connectivity index (χ3v) is 3.28. The van der Waals surface area contributed by atoms with Crippen LogP contribution in [0.3, 0.4) is 0 Å². The molecule has 0 N–H and O–H groups in total. The predicted molar refractivity (Wildman–Crippen MR) is 69.5 cm³/mol. The van der Waals surface area contributed by atoms with E-state index in [-0.39, 0.29) is 6.10 Å². The van der Waals surface area contributed by atoms with Gasteiger partial charge in [0, 0.05) is 20.3 Å². The van der Waals surface area contributed by atoms with Crippen LogP contribution in [0.2, 0.25) is 0 Å². The Balaban J connectivity index is 1.85. The van der Waals surface area contributed by atoms with Crippen LogP contribution >= 0.6 is 0 Å². The number of hydrogen-bond acceptors (Lipinski definition) is 4. The van der Waals surface area contributed by atoms with Crippen molar-refractivity contribution in [2.24, 2.45) is 0 Å². The van der Waals surface area contributed by atoms with Gasteiger partial charge in [0.2, 0.25) is 0 Å². The quantitative estimate of drug-likeness (QED) is 0.780. The summed E-state index contributed by atoms with van der Waals surface area (Å²) in [7, 11) is 3.79. The fraction of sp³-hybridized carbons (Fsp3) is 0.714. The number of nitrogens with zero attached hydrogens (tertiary/aromatic N) is 1. The molecule has 1 aromatic rings. The summed E-state index contributed by atoms with van der Waals surface area (Å²) in [5, 5.41) is 0. The van der Waals surface area contributed by atoms with Crippen molar-refractivity contribution >= 4 is 0 Å². The molecule has 0 amide bonds. The second-order valence-corrected chi connectivity index (χ2v) is 4.89. The lowest BCUT2D eigenvalue weighted by Gasteiger charge is -2.20. The van der Waals surface area contributed by atoms with E-state index in [1.54, 1.807) is 7.11 Å². The Morgan fingerprint density at radius 3 is 3.00 bits per heavy atom. The number of rotatable bonds is 6. The summed E-state index contributed by atoms with van der Waals surface area (Å²) in [6.45, 7) is 3.33. The van der Waals surface area contributed by atoms with Gasteiger partial charge in [-0.2, -0.15) is 0 Å². The zero-order valence-corrected chi connectivity index (χ0v) is 11.4. The number of furan rings is 1. The molecule has 0 aromatic carbocycles. The Hall–Kier alpha value is -0.840. The van der Waals surface area contributed by atoms with Gasteiger partial charge in [-0.1, -0.05) is 0 Å². The van der Waals surface area contributed by atoms with E-state index in [1.165, 1.54) is 12.8 Å². The van der Waals surface area contributed by atoms with E-state index in [4.69, 9.17) is 13.9 Å². The van der Waals surface area contributed by atoms with Crippen LogP contribution < -0.4 is 0 Å². The average molecular weight is 253 g/mol. The maximum absolute atomic E-state index is 5.87. The van der Waals surface area contributed by atoms with Crippen molar-refractivity contribution in [1.82, 2.24) is 4.90 Å². The van der Waals surface area contributed by atoms with E-state index in [1.807, 2.05) is 0 Å². The topological polar surface area (TPSA) is 34.8 Å². The number of ether oxygens (including phenoxy) is 2. The van der Waals surface area contributed by atoms with Crippen molar-refractivity contribution in [3.63, 3.8) is 0 Å². The Labute approximate surface area is 109 Å². The summed E-state index contributed by atoms with van der Waals surface area (Å²) in [6, 6.07) is 4.10. The van der Waals surface area contributed by atoms with Crippen LogP contribution in [0, 0.1) is 0 Å². The molecule has 2 heterocycles. The summed E-state index contributed by atoms with van der Waals surface area (Å²) in [4.78, 5) is 2.19. The van der Waals surface area contributed by atoms with Gasteiger partial charge < -0.3 is 13.9 Å². The lowest BCUT2D eigenvalue weighted by Crippen LogP contribution is -2.22. The van der Waals surface area contributed by atoms with Crippen LogP contribution in [-0.2, 0) is 16.0 Å². The van der Waals surface area contributed by atoms with E-state index in [0.717, 1.165) is 44.2 Å². The molecule has 1 aliphatic heterocycles. The van der Waals surface area contributed by atoms with Crippen LogP contribution in [0.4, 0.5) is 0 Å². The maximum Gasteiger partial charge on any atom is 0.133 e. The first-order valence-corrected chi connectivity index (χ1v) is 6.67. The highest BCUT2D eigenvalue weighted by molar-refractivity contribution is 5.10. The van der Waals surface area contributed by atoms with Crippen LogP contribution in [0.15, 0.2) is 16.5 Å².